The van der Waals surface area contributed by atoms with Gasteiger partial charge in [0.15, 0.2) is 0 Å². The van der Waals surface area contributed by atoms with E-state index < -0.39 is 0 Å². The Labute approximate surface area is 309 Å². The van der Waals surface area contributed by atoms with Gasteiger partial charge in [0.25, 0.3) is 0 Å². The second-order valence-electron chi connectivity index (χ2n) is 13.6. The fourth-order valence-corrected chi connectivity index (χ4v) is 7.10. The van der Waals surface area contributed by atoms with Gasteiger partial charge in [0.2, 0.25) is 0 Å². The Hall–Kier alpha value is -5.48. The summed E-state index contributed by atoms with van der Waals surface area (Å²) in [6.45, 7) is 6.59. The van der Waals surface area contributed by atoms with E-state index in [9.17, 15) is 0 Å². The average Bonchev–Trinajstić information content (AvgIpc) is 3.17. The van der Waals surface area contributed by atoms with Crippen LogP contribution in [0.3, 0.4) is 0 Å². The third-order valence-corrected chi connectivity index (χ3v) is 9.59. The van der Waals surface area contributed by atoms with Crippen molar-refractivity contribution >= 4 is 0 Å². The zero-order valence-corrected chi connectivity index (χ0v) is 30.4. The summed E-state index contributed by atoms with van der Waals surface area (Å²) in [6.07, 6.45) is 4.58. The zero-order valence-electron chi connectivity index (χ0n) is 30.4. The van der Waals surface area contributed by atoms with Crippen LogP contribution in [0.5, 0.6) is 23.0 Å². The lowest BCUT2D eigenvalue weighted by Gasteiger charge is -2.23. The van der Waals surface area contributed by atoms with Crippen molar-refractivity contribution in [3.63, 3.8) is 0 Å². The highest BCUT2D eigenvalue weighted by Crippen LogP contribution is 2.39. The van der Waals surface area contributed by atoms with E-state index in [1.807, 2.05) is 12.1 Å². The van der Waals surface area contributed by atoms with Gasteiger partial charge in [-0.05, 0) is 68.5 Å². The largest absolute Gasteiger partial charge is 0.493 e. The van der Waals surface area contributed by atoms with Crippen molar-refractivity contribution in [1.82, 2.24) is 0 Å². The first-order chi connectivity index (χ1) is 25.7. The van der Waals surface area contributed by atoms with Crippen LogP contribution in [0.15, 0.2) is 133 Å². The van der Waals surface area contributed by atoms with E-state index in [4.69, 9.17) is 18.9 Å². The molecule has 0 N–H and O–H groups in total. The van der Waals surface area contributed by atoms with E-state index in [0.717, 1.165) is 91.5 Å². The lowest BCUT2D eigenvalue weighted by atomic mass is 9.91. The molecular weight excluding hydrogens is 641 g/mol. The first-order valence-corrected chi connectivity index (χ1v) is 18.7. The van der Waals surface area contributed by atoms with Crippen LogP contribution >= 0.6 is 0 Å². The van der Waals surface area contributed by atoms with Crippen LogP contribution in [0.1, 0.15) is 82.3 Å². The highest BCUT2D eigenvalue weighted by molar-refractivity contribution is 5.56. The summed E-state index contributed by atoms with van der Waals surface area (Å²) in [5.74, 6) is 3.77. The molecule has 0 atom stereocenters. The van der Waals surface area contributed by atoms with E-state index in [2.05, 4.69) is 135 Å². The Morgan fingerprint density at radius 1 is 0.327 bits per heavy atom. The second kappa shape index (κ2) is 17.2. The molecule has 0 saturated carbocycles. The third kappa shape index (κ3) is 8.35. The minimum atomic E-state index is 0.490. The molecule has 8 bridgehead atoms. The van der Waals surface area contributed by atoms with Crippen LogP contribution in [0.4, 0.5) is 0 Å². The predicted molar refractivity (Wildman–Crippen MR) is 210 cm³/mol. The number of fused-ring (bicyclic) bond motifs is 8. The minimum Gasteiger partial charge on any atom is -0.493 e. The molecular formula is C48H48O4. The van der Waals surface area contributed by atoms with E-state index in [1.54, 1.807) is 0 Å². The van der Waals surface area contributed by atoms with Gasteiger partial charge in [-0.25, -0.2) is 0 Å². The SMILES string of the molecule is CCCOc1c2cccc1Cc1cccc(c1OCc1ccccc1)Cc1cccc(c1OCCC)Cc1cccc(c1OCc1ccccc1)C2. The van der Waals surface area contributed by atoms with Gasteiger partial charge < -0.3 is 18.9 Å². The first kappa shape index (κ1) is 34.9. The summed E-state index contributed by atoms with van der Waals surface area (Å²) in [7, 11) is 0. The minimum absolute atomic E-state index is 0.490. The van der Waals surface area contributed by atoms with Crippen LogP contribution in [-0.4, -0.2) is 13.2 Å². The van der Waals surface area contributed by atoms with Gasteiger partial charge >= 0.3 is 0 Å². The molecule has 1 aliphatic rings. The summed E-state index contributed by atoms with van der Waals surface area (Å²) in [6, 6.07) is 47.1. The van der Waals surface area contributed by atoms with Crippen LogP contribution in [-0.2, 0) is 38.9 Å². The second-order valence-corrected chi connectivity index (χ2v) is 13.6. The zero-order chi connectivity index (χ0) is 35.5. The Kier molecular flexibility index (Phi) is 11.5. The van der Waals surface area contributed by atoms with Gasteiger partial charge in [0, 0.05) is 25.7 Å². The van der Waals surface area contributed by atoms with Crippen molar-refractivity contribution in [3.8, 4) is 23.0 Å². The van der Waals surface area contributed by atoms with E-state index >= 15 is 0 Å². The first-order valence-electron chi connectivity index (χ1n) is 18.7. The van der Waals surface area contributed by atoms with Gasteiger partial charge in [-0.1, -0.05) is 147 Å². The summed E-state index contributed by atoms with van der Waals surface area (Å²) in [5, 5.41) is 0. The molecule has 7 rings (SSSR count). The van der Waals surface area contributed by atoms with Crippen molar-refractivity contribution in [2.24, 2.45) is 0 Å². The molecule has 4 heteroatoms. The molecule has 6 aromatic rings. The fraction of sp³-hybridized carbons (Fsp3) is 0.250. The van der Waals surface area contributed by atoms with E-state index in [1.165, 1.54) is 0 Å². The van der Waals surface area contributed by atoms with Crippen LogP contribution in [0.2, 0.25) is 0 Å². The molecule has 4 nitrogen and oxygen atoms in total. The summed E-state index contributed by atoms with van der Waals surface area (Å²) in [4.78, 5) is 0. The van der Waals surface area contributed by atoms with Crippen LogP contribution in [0, 0.1) is 0 Å². The normalized spacial score (nSPS) is 12.2. The molecule has 0 aliphatic heterocycles. The molecule has 0 aromatic heterocycles. The summed E-state index contributed by atoms with van der Waals surface area (Å²) in [5.41, 5.74) is 11.4. The lowest BCUT2D eigenvalue weighted by Crippen LogP contribution is -2.09. The predicted octanol–water partition coefficient (Wildman–Crippen LogP) is 11.1. The molecule has 0 spiro atoms. The van der Waals surface area contributed by atoms with Crippen molar-refractivity contribution in [1.29, 1.82) is 0 Å². The van der Waals surface area contributed by atoms with Gasteiger partial charge in [0.1, 0.15) is 36.2 Å². The van der Waals surface area contributed by atoms with E-state index in [0.29, 0.717) is 52.1 Å². The number of hydrogen-bond donors (Lipinski definition) is 0. The number of para-hydroxylation sites is 4. The quantitative estimate of drug-likeness (QED) is 0.128. The fourth-order valence-electron chi connectivity index (χ4n) is 7.10. The molecule has 0 radical (unpaired) electrons. The Morgan fingerprint density at radius 3 is 0.865 bits per heavy atom. The highest BCUT2D eigenvalue weighted by Gasteiger charge is 2.22. The van der Waals surface area contributed by atoms with Crippen LogP contribution in [0.25, 0.3) is 0 Å². The van der Waals surface area contributed by atoms with Gasteiger partial charge in [-0.15, -0.1) is 0 Å². The van der Waals surface area contributed by atoms with Crippen molar-refractivity contribution in [2.45, 2.75) is 65.6 Å². The Balaban J connectivity index is 1.39. The average molecular weight is 689 g/mol. The highest BCUT2D eigenvalue weighted by atomic mass is 16.5. The maximum absolute atomic E-state index is 6.80. The molecule has 0 amide bonds. The maximum atomic E-state index is 6.80. The van der Waals surface area contributed by atoms with Crippen molar-refractivity contribution in [3.05, 3.63) is 189 Å². The molecule has 0 heterocycles. The van der Waals surface area contributed by atoms with Crippen molar-refractivity contribution < 1.29 is 18.9 Å². The summed E-state index contributed by atoms with van der Waals surface area (Å²) >= 11 is 0. The standard InChI is InChI=1S/C48H48O4/c1-3-27-49-45-37-19-11-20-38(45)30-42-24-14-26-44(48(42)52-34-36-17-9-6-10-18-36)32-40-22-12-21-39(46(40)50-28-4-2)31-43-25-13-23-41(29-37)47(43)51-33-35-15-7-5-8-16-35/h5-26H,3-4,27-34H2,1-2H3. The smallest absolute Gasteiger partial charge is 0.126 e. The summed E-state index contributed by atoms with van der Waals surface area (Å²) < 4.78 is 26.9. The van der Waals surface area contributed by atoms with Crippen LogP contribution < -0.4 is 18.9 Å². The van der Waals surface area contributed by atoms with Gasteiger partial charge in [-0.3, -0.25) is 0 Å². The maximum Gasteiger partial charge on any atom is 0.126 e. The van der Waals surface area contributed by atoms with Crippen molar-refractivity contribution in [2.75, 3.05) is 13.2 Å². The topological polar surface area (TPSA) is 36.9 Å². The monoisotopic (exact) mass is 688 g/mol. The molecule has 0 unspecified atom stereocenters. The molecule has 0 saturated heterocycles. The van der Waals surface area contributed by atoms with Gasteiger partial charge in [0.05, 0.1) is 13.2 Å². The third-order valence-electron chi connectivity index (χ3n) is 9.59. The van der Waals surface area contributed by atoms with E-state index in [-0.39, 0.29) is 0 Å². The molecule has 0 fully saturated rings. The molecule has 6 aromatic carbocycles. The Morgan fingerprint density at radius 2 is 0.596 bits per heavy atom. The molecule has 1 aliphatic carbocycles. The Bertz CT molecular complexity index is 1830. The lowest BCUT2D eigenvalue weighted by molar-refractivity contribution is 0.297. The number of ether oxygens (including phenoxy) is 4. The number of benzene rings is 6. The molecule has 264 valence electrons. The number of rotatable bonds is 12. The van der Waals surface area contributed by atoms with Gasteiger partial charge in [-0.2, -0.15) is 0 Å². The number of hydrogen-bond acceptors (Lipinski definition) is 4. The molecule has 52 heavy (non-hydrogen) atoms.